The average molecular weight is 253 g/mol. The summed E-state index contributed by atoms with van der Waals surface area (Å²) in [6, 6.07) is 7.68. The third-order valence-corrected chi connectivity index (χ3v) is 2.72. The van der Waals surface area contributed by atoms with E-state index in [0.29, 0.717) is 10.1 Å². The van der Waals surface area contributed by atoms with Crippen LogP contribution in [0.15, 0.2) is 37.9 Å². The first-order chi connectivity index (χ1) is 6.70. The summed E-state index contributed by atoms with van der Waals surface area (Å²) >= 11 is 3.15. The van der Waals surface area contributed by atoms with E-state index in [4.69, 9.17) is 4.42 Å². The minimum Gasteiger partial charge on any atom is -0.422 e. The fourth-order valence-corrected chi connectivity index (χ4v) is 1.68. The highest BCUT2D eigenvalue weighted by Crippen LogP contribution is 2.17. The lowest BCUT2D eigenvalue weighted by atomic mass is 10.1. The molecule has 2 rings (SSSR count). The van der Waals surface area contributed by atoms with Gasteiger partial charge < -0.3 is 4.42 Å². The van der Waals surface area contributed by atoms with Crippen molar-refractivity contribution in [3.63, 3.8) is 0 Å². The molecule has 0 amide bonds. The van der Waals surface area contributed by atoms with E-state index in [1.165, 1.54) is 5.56 Å². The summed E-state index contributed by atoms with van der Waals surface area (Å²) in [5, 5.41) is 0.939. The van der Waals surface area contributed by atoms with Gasteiger partial charge in [-0.3, -0.25) is 0 Å². The SMILES string of the molecule is CCc1ccc2cc(Br)c(=O)oc2c1. The zero-order valence-electron chi connectivity index (χ0n) is 7.71. The number of hydrogen-bond donors (Lipinski definition) is 0. The summed E-state index contributed by atoms with van der Waals surface area (Å²) in [6.45, 7) is 2.07. The van der Waals surface area contributed by atoms with Crippen LogP contribution in [0.4, 0.5) is 0 Å². The molecule has 1 heterocycles. The standard InChI is InChI=1S/C11H9BrO2/c1-2-7-3-4-8-6-9(12)11(13)14-10(8)5-7/h3-6H,2H2,1H3. The lowest BCUT2D eigenvalue weighted by Gasteiger charge is -1.99. The number of benzene rings is 1. The van der Waals surface area contributed by atoms with Gasteiger partial charge in [-0.2, -0.15) is 0 Å². The molecule has 0 aliphatic rings. The Hall–Kier alpha value is -1.09. The molecule has 0 bridgehead atoms. The van der Waals surface area contributed by atoms with Crippen molar-refractivity contribution in [2.75, 3.05) is 0 Å². The van der Waals surface area contributed by atoms with Gasteiger partial charge in [0.1, 0.15) is 10.1 Å². The Morgan fingerprint density at radius 2 is 2.14 bits per heavy atom. The van der Waals surface area contributed by atoms with Crippen LogP contribution in [0.2, 0.25) is 0 Å². The Labute approximate surface area is 89.7 Å². The van der Waals surface area contributed by atoms with Gasteiger partial charge >= 0.3 is 5.63 Å². The summed E-state index contributed by atoms with van der Waals surface area (Å²) in [6.07, 6.45) is 0.940. The molecule has 1 aromatic heterocycles. The fourth-order valence-electron chi connectivity index (χ4n) is 1.35. The molecule has 2 nitrogen and oxygen atoms in total. The molecule has 1 aromatic carbocycles. The van der Waals surface area contributed by atoms with E-state index < -0.39 is 0 Å². The predicted molar refractivity (Wildman–Crippen MR) is 59.6 cm³/mol. The van der Waals surface area contributed by atoms with Crippen molar-refractivity contribution < 1.29 is 4.42 Å². The first kappa shape index (κ1) is 9.46. The number of fused-ring (bicyclic) bond motifs is 1. The average Bonchev–Trinajstić information content (AvgIpc) is 2.19. The van der Waals surface area contributed by atoms with Gasteiger partial charge in [-0.05, 0) is 40.0 Å². The van der Waals surface area contributed by atoms with Crippen LogP contribution in [-0.4, -0.2) is 0 Å². The van der Waals surface area contributed by atoms with E-state index in [2.05, 4.69) is 22.9 Å². The molecule has 0 atom stereocenters. The number of rotatable bonds is 1. The third-order valence-electron chi connectivity index (χ3n) is 2.17. The van der Waals surface area contributed by atoms with E-state index in [0.717, 1.165) is 11.8 Å². The zero-order valence-corrected chi connectivity index (χ0v) is 9.30. The van der Waals surface area contributed by atoms with Crippen molar-refractivity contribution in [1.29, 1.82) is 0 Å². The fraction of sp³-hybridized carbons (Fsp3) is 0.182. The van der Waals surface area contributed by atoms with Gasteiger partial charge in [-0.25, -0.2) is 4.79 Å². The smallest absolute Gasteiger partial charge is 0.350 e. The molecular weight excluding hydrogens is 244 g/mol. The van der Waals surface area contributed by atoms with Gasteiger partial charge in [0.05, 0.1) is 0 Å². The molecule has 0 aliphatic heterocycles. The van der Waals surface area contributed by atoms with Gasteiger partial charge in [0.15, 0.2) is 0 Å². The quantitative estimate of drug-likeness (QED) is 0.731. The van der Waals surface area contributed by atoms with E-state index in [1.54, 1.807) is 6.07 Å². The Kier molecular flexibility index (Phi) is 2.42. The predicted octanol–water partition coefficient (Wildman–Crippen LogP) is 3.12. The van der Waals surface area contributed by atoms with Crippen LogP contribution in [0.5, 0.6) is 0 Å². The summed E-state index contributed by atoms with van der Waals surface area (Å²) < 4.78 is 5.60. The molecule has 0 aliphatic carbocycles. The maximum Gasteiger partial charge on any atom is 0.350 e. The van der Waals surface area contributed by atoms with Crippen molar-refractivity contribution in [1.82, 2.24) is 0 Å². The van der Waals surface area contributed by atoms with Gasteiger partial charge in [-0.15, -0.1) is 0 Å². The zero-order chi connectivity index (χ0) is 10.1. The van der Waals surface area contributed by atoms with Gasteiger partial charge in [-0.1, -0.05) is 19.1 Å². The molecule has 3 heteroatoms. The van der Waals surface area contributed by atoms with Crippen molar-refractivity contribution in [3.05, 3.63) is 44.7 Å². The molecule has 0 spiro atoms. The Bertz CT molecular complexity index is 528. The highest BCUT2D eigenvalue weighted by molar-refractivity contribution is 9.10. The second-order valence-corrected chi connectivity index (χ2v) is 3.96. The number of hydrogen-bond acceptors (Lipinski definition) is 2. The molecule has 2 aromatic rings. The monoisotopic (exact) mass is 252 g/mol. The van der Waals surface area contributed by atoms with Crippen LogP contribution in [0.3, 0.4) is 0 Å². The highest BCUT2D eigenvalue weighted by Gasteiger charge is 2.02. The van der Waals surface area contributed by atoms with Gasteiger partial charge in [0, 0.05) is 5.39 Å². The van der Waals surface area contributed by atoms with Crippen molar-refractivity contribution >= 4 is 26.9 Å². The lowest BCUT2D eigenvalue weighted by Crippen LogP contribution is -1.98. The van der Waals surface area contributed by atoms with E-state index >= 15 is 0 Å². The molecule has 0 unspecified atom stereocenters. The molecule has 0 saturated carbocycles. The third kappa shape index (κ3) is 1.60. The van der Waals surface area contributed by atoms with Crippen molar-refractivity contribution in [2.45, 2.75) is 13.3 Å². The highest BCUT2D eigenvalue weighted by atomic mass is 79.9. The Balaban J connectivity index is 2.77. The van der Waals surface area contributed by atoms with E-state index in [9.17, 15) is 4.79 Å². The molecular formula is C11H9BrO2. The summed E-state index contributed by atoms with van der Waals surface area (Å²) in [7, 11) is 0. The summed E-state index contributed by atoms with van der Waals surface area (Å²) in [5.74, 6) is 0. The number of halogens is 1. The van der Waals surface area contributed by atoms with E-state index in [-0.39, 0.29) is 5.63 Å². The molecule has 0 saturated heterocycles. The van der Waals surface area contributed by atoms with Crippen molar-refractivity contribution in [3.8, 4) is 0 Å². The first-order valence-electron chi connectivity index (χ1n) is 4.43. The Morgan fingerprint density at radius 1 is 1.36 bits per heavy atom. The summed E-state index contributed by atoms with van der Waals surface area (Å²) in [4.78, 5) is 11.2. The minimum absolute atomic E-state index is 0.328. The molecule has 0 N–H and O–H groups in total. The van der Waals surface area contributed by atoms with Crippen LogP contribution < -0.4 is 5.63 Å². The van der Waals surface area contributed by atoms with Crippen LogP contribution >= 0.6 is 15.9 Å². The lowest BCUT2D eigenvalue weighted by molar-refractivity contribution is 0.556. The topological polar surface area (TPSA) is 30.2 Å². The molecule has 0 fully saturated rings. The van der Waals surface area contributed by atoms with Crippen LogP contribution in [-0.2, 0) is 6.42 Å². The summed E-state index contributed by atoms with van der Waals surface area (Å²) in [5.41, 5.74) is 1.49. The van der Waals surface area contributed by atoms with Crippen LogP contribution in [0.25, 0.3) is 11.0 Å². The van der Waals surface area contributed by atoms with Crippen molar-refractivity contribution in [2.24, 2.45) is 0 Å². The van der Waals surface area contributed by atoms with Gasteiger partial charge in [0.2, 0.25) is 0 Å². The van der Waals surface area contributed by atoms with E-state index in [1.807, 2.05) is 18.2 Å². The minimum atomic E-state index is -0.328. The molecule has 14 heavy (non-hydrogen) atoms. The maximum absolute atomic E-state index is 11.2. The molecule has 72 valence electrons. The van der Waals surface area contributed by atoms with Crippen LogP contribution in [0, 0.1) is 0 Å². The molecule has 0 radical (unpaired) electrons. The van der Waals surface area contributed by atoms with Crippen LogP contribution in [0.1, 0.15) is 12.5 Å². The largest absolute Gasteiger partial charge is 0.422 e. The second-order valence-electron chi connectivity index (χ2n) is 3.11. The van der Waals surface area contributed by atoms with Gasteiger partial charge in [0.25, 0.3) is 0 Å². The first-order valence-corrected chi connectivity index (χ1v) is 5.22. The number of aryl methyl sites for hydroxylation is 1. The normalized spacial score (nSPS) is 10.7. The second kappa shape index (κ2) is 3.58. The Morgan fingerprint density at radius 3 is 2.86 bits per heavy atom. The maximum atomic E-state index is 11.2.